The van der Waals surface area contributed by atoms with Crippen LogP contribution in [-0.4, -0.2) is 16.7 Å². The fraction of sp³-hybridized carbons (Fsp3) is 0.273. The van der Waals surface area contributed by atoms with Gasteiger partial charge in [-0.25, -0.2) is 0 Å². The Morgan fingerprint density at radius 2 is 1.94 bits per heavy atom. The van der Waals surface area contributed by atoms with Crippen molar-refractivity contribution in [2.75, 3.05) is 6.54 Å². The van der Waals surface area contributed by atoms with E-state index in [1.165, 1.54) is 6.39 Å². The van der Waals surface area contributed by atoms with Crippen LogP contribution < -0.4 is 5.32 Å². The molecule has 0 saturated heterocycles. The molecular formula is C11H11Cl2N3O. The van der Waals surface area contributed by atoms with Gasteiger partial charge in [0.15, 0.2) is 5.82 Å². The Morgan fingerprint density at radius 3 is 2.59 bits per heavy atom. The SMILES string of the molecule is Clc1cc(Cl)cc(CNCCc2ncon2)c1. The van der Waals surface area contributed by atoms with Crippen LogP contribution in [-0.2, 0) is 13.0 Å². The predicted octanol–water partition coefficient (Wildman–Crippen LogP) is 2.71. The van der Waals surface area contributed by atoms with Gasteiger partial charge in [-0.1, -0.05) is 28.4 Å². The molecule has 0 amide bonds. The Bertz CT molecular complexity index is 453. The van der Waals surface area contributed by atoms with Gasteiger partial charge < -0.3 is 9.84 Å². The fourth-order valence-corrected chi connectivity index (χ4v) is 2.02. The van der Waals surface area contributed by atoms with Crippen LogP contribution in [0.5, 0.6) is 0 Å². The minimum Gasteiger partial charge on any atom is -0.343 e. The minimum absolute atomic E-state index is 0.646. The lowest BCUT2D eigenvalue weighted by molar-refractivity contribution is 0.409. The van der Waals surface area contributed by atoms with Crippen molar-refractivity contribution in [3.63, 3.8) is 0 Å². The van der Waals surface area contributed by atoms with Gasteiger partial charge in [-0.2, -0.15) is 4.98 Å². The van der Waals surface area contributed by atoms with Crippen LogP contribution in [0.4, 0.5) is 0 Å². The molecule has 0 bridgehead atoms. The summed E-state index contributed by atoms with van der Waals surface area (Å²) in [6.45, 7) is 1.47. The predicted molar refractivity (Wildman–Crippen MR) is 66.2 cm³/mol. The van der Waals surface area contributed by atoms with Gasteiger partial charge in [0, 0.05) is 29.6 Å². The molecule has 90 valence electrons. The van der Waals surface area contributed by atoms with Crippen LogP contribution in [0.25, 0.3) is 0 Å². The second-order valence-corrected chi connectivity index (χ2v) is 4.42. The van der Waals surface area contributed by atoms with Crippen molar-refractivity contribution in [3.8, 4) is 0 Å². The van der Waals surface area contributed by atoms with E-state index in [-0.39, 0.29) is 0 Å². The Balaban J connectivity index is 1.78. The van der Waals surface area contributed by atoms with Gasteiger partial charge in [-0.15, -0.1) is 0 Å². The zero-order chi connectivity index (χ0) is 12.1. The molecule has 1 aromatic heterocycles. The topological polar surface area (TPSA) is 51.0 Å². The first-order chi connectivity index (χ1) is 8.24. The standard InChI is InChI=1S/C11H11Cl2N3O/c12-9-3-8(4-10(13)5-9)6-14-2-1-11-15-7-17-16-11/h3-5,7,14H,1-2,6H2. The van der Waals surface area contributed by atoms with Gasteiger partial charge in [0.2, 0.25) is 6.39 Å². The van der Waals surface area contributed by atoms with E-state index in [1.54, 1.807) is 6.07 Å². The van der Waals surface area contributed by atoms with Crippen molar-refractivity contribution in [2.24, 2.45) is 0 Å². The van der Waals surface area contributed by atoms with Crippen LogP contribution in [0.3, 0.4) is 0 Å². The zero-order valence-corrected chi connectivity index (χ0v) is 10.5. The van der Waals surface area contributed by atoms with E-state index in [0.717, 1.165) is 18.5 Å². The highest BCUT2D eigenvalue weighted by atomic mass is 35.5. The number of benzene rings is 1. The molecule has 6 heteroatoms. The van der Waals surface area contributed by atoms with Crippen LogP contribution in [0, 0.1) is 0 Å². The number of rotatable bonds is 5. The molecule has 1 heterocycles. The van der Waals surface area contributed by atoms with E-state index in [9.17, 15) is 0 Å². The third-order valence-electron chi connectivity index (χ3n) is 2.18. The number of aromatic nitrogens is 2. The average Bonchev–Trinajstić information content (AvgIpc) is 2.76. The highest BCUT2D eigenvalue weighted by Crippen LogP contribution is 2.18. The van der Waals surface area contributed by atoms with E-state index in [4.69, 9.17) is 23.2 Å². The van der Waals surface area contributed by atoms with Crippen LogP contribution in [0.1, 0.15) is 11.4 Å². The van der Waals surface area contributed by atoms with Gasteiger partial charge in [-0.05, 0) is 23.8 Å². The monoisotopic (exact) mass is 271 g/mol. The van der Waals surface area contributed by atoms with Crippen molar-refractivity contribution in [1.29, 1.82) is 0 Å². The van der Waals surface area contributed by atoms with Gasteiger partial charge >= 0.3 is 0 Å². The van der Waals surface area contributed by atoms with Crippen LogP contribution in [0.2, 0.25) is 10.0 Å². The summed E-state index contributed by atoms with van der Waals surface area (Å²) in [7, 11) is 0. The van der Waals surface area contributed by atoms with E-state index in [0.29, 0.717) is 22.4 Å². The molecule has 0 saturated carbocycles. The summed E-state index contributed by atoms with van der Waals surface area (Å²) >= 11 is 11.8. The maximum Gasteiger partial charge on any atom is 0.213 e. The summed E-state index contributed by atoms with van der Waals surface area (Å²) in [5, 5.41) is 8.27. The summed E-state index contributed by atoms with van der Waals surface area (Å²) in [6, 6.07) is 5.48. The third kappa shape index (κ3) is 4.00. The Hall–Kier alpha value is -1.10. The van der Waals surface area contributed by atoms with E-state index in [2.05, 4.69) is 20.0 Å². The quantitative estimate of drug-likeness (QED) is 0.850. The van der Waals surface area contributed by atoms with Gasteiger partial charge in [0.05, 0.1) is 0 Å². The lowest BCUT2D eigenvalue weighted by Crippen LogP contribution is -2.17. The average molecular weight is 272 g/mol. The zero-order valence-electron chi connectivity index (χ0n) is 8.99. The molecule has 0 unspecified atom stereocenters. The maximum absolute atomic E-state index is 5.90. The fourth-order valence-electron chi connectivity index (χ4n) is 1.45. The Morgan fingerprint density at radius 1 is 1.18 bits per heavy atom. The lowest BCUT2D eigenvalue weighted by Gasteiger charge is -2.04. The minimum atomic E-state index is 0.646. The highest BCUT2D eigenvalue weighted by Gasteiger charge is 2.00. The Labute approximate surface area is 109 Å². The maximum atomic E-state index is 5.90. The van der Waals surface area contributed by atoms with Crippen molar-refractivity contribution in [3.05, 3.63) is 46.0 Å². The molecule has 4 nitrogen and oxygen atoms in total. The second kappa shape index (κ2) is 6.00. The molecule has 0 aliphatic rings. The first-order valence-corrected chi connectivity index (χ1v) is 5.90. The first-order valence-electron chi connectivity index (χ1n) is 5.15. The lowest BCUT2D eigenvalue weighted by atomic mass is 10.2. The molecule has 17 heavy (non-hydrogen) atoms. The summed E-state index contributed by atoms with van der Waals surface area (Å²) < 4.78 is 4.64. The molecule has 2 rings (SSSR count). The number of nitrogens with zero attached hydrogens (tertiary/aromatic N) is 2. The first kappa shape index (κ1) is 12.4. The molecule has 0 radical (unpaired) electrons. The van der Waals surface area contributed by atoms with Gasteiger partial charge in [0.1, 0.15) is 0 Å². The highest BCUT2D eigenvalue weighted by molar-refractivity contribution is 6.34. The largest absolute Gasteiger partial charge is 0.343 e. The van der Waals surface area contributed by atoms with Gasteiger partial charge in [-0.3, -0.25) is 0 Å². The normalized spacial score (nSPS) is 10.7. The molecule has 0 atom stereocenters. The molecule has 1 aromatic carbocycles. The van der Waals surface area contributed by atoms with Crippen molar-refractivity contribution >= 4 is 23.2 Å². The van der Waals surface area contributed by atoms with Crippen LogP contribution in [0.15, 0.2) is 29.1 Å². The summed E-state index contributed by atoms with van der Waals surface area (Å²) in [5.74, 6) is 0.696. The summed E-state index contributed by atoms with van der Waals surface area (Å²) in [4.78, 5) is 3.93. The molecule has 0 aliphatic heterocycles. The van der Waals surface area contributed by atoms with E-state index < -0.39 is 0 Å². The molecular weight excluding hydrogens is 261 g/mol. The van der Waals surface area contributed by atoms with Gasteiger partial charge in [0.25, 0.3) is 0 Å². The molecule has 0 aliphatic carbocycles. The summed E-state index contributed by atoms with van der Waals surface area (Å²) in [5.41, 5.74) is 1.05. The number of halogens is 2. The smallest absolute Gasteiger partial charge is 0.213 e. The van der Waals surface area contributed by atoms with E-state index in [1.807, 2.05) is 12.1 Å². The number of hydrogen-bond acceptors (Lipinski definition) is 4. The van der Waals surface area contributed by atoms with Crippen LogP contribution >= 0.6 is 23.2 Å². The second-order valence-electron chi connectivity index (χ2n) is 3.55. The van der Waals surface area contributed by atoms with Crippen molar-refractivity contribution in [1.82, 2.24) is 15.5 Å². The number of hydrogen-bond donors (Lipinski definition) is 1. The molecule has 1 N–H and O–H groups in total. The number of nitrogens with one attached hydrogen (secondary N) is 1. The molecule has 2 aromatic rings. The third-order valence-corrected chi connectivity index (χ3v) is 2.62. The van der Waals surface area contributed by atoms with E-state index >= 15 is 0 Å². The van der Waals surface area contributed by atoms with Crippen molar-refractivity contribution < 1.29 is 4.52 Å². The summed E-state index contributed by atoms with van der Waals surface area (Å²) in [6.07, 6.45) is 2.05. The van der Waals surface area contributed by atoms with Crippen molar-refractivity contribution in [2.45, 2.75) is 13.0 Å². The Kier molecular flexibility index (Phi) is 4.36. The molecule has 0 spiro atoms. The molecule has 0 fully saturated rings.